The van der Waals surface area contributed by atoms with E-state index in [1.165, 1.54) is 11.1 Å². The van der Waals surface area contributed by atoms with Crippen LogP contribution in [-0.2, 0) is 16.2 Å². The largest absolute Gasteiger partial charge is 0.487 e. The highest BCUT2D eigenvalue weighted by atomic mass is 35.5. The van der Waals surface area contributed by atoms with Crippen LogP contribution in [0.4, 0.5) is 0 Å². The number of hydrogen-bond donors (Lipinski definition) is 1. The van der Waals surface area contributed by atoms with E-state index in [4.69, 9.17) is 51.1 Å². The summed E-state index contributed by atoms with van der Waals surface area (Å²) in [4.78, 5) is 26.4. The lowest BCUT2D eigenvalue weighted by Gasteiger charge is -2.15. The van der Waals surface area contributed by atoms with Crippen LogP contribution in [0.3, 0.4) is 0 Å². The summed E-state index contributed by atoms with van der Waals surface area (Å²) in [6, 6.07) is 18.0. The molecule has 1 atom stereocenters. The van der Waals surface area contributed by atoms with Crippen LogP contribution >= 0.6 is 46.4 Å². The third kappa shape index (κ3) is 6.71. The van der Waals surface area contributed by atoms with Crippen molar-refractivity contribution in [2.45, 2.75) is 18.9 Å². The highest BCUT2D eigenvalue weighted by Crippen LogP contribution is 2.33. The molecule has 0 saturated carbocycles. The van der Waals surface area contributed by atoms with Crippen molar-refractivity contribution >= 4 is 64.4 Å². The molecule has 4 rings (SSSR count). The van der Waals surface area contributed by atoms with Gasteiger partial charge in [-0.1, -0.05) is 82.8 Å². The van der Waals surface area contributed by atoms with Crippen molar-refractivity contribution in [3.05, 3.63) is 97.4 Å². The first-order valence-corrected chi connectivity index (χ1v) is 12.5. The van der Waals surface area contributed by atoms with E-state index in [1.807, 2.05) is 30.3 Å². The van der Waals surface area contributed by atoms with Gasteiger partial charge in [0.1, 0.15) is 18.9 Å². The van der Waals surface area contributed by atoms with Crippen molar-refractivity contribution in [1.82, 2.24) is 10.3 Å². The minimum absolute atomic E-state index is 0.0671. The Balaban J connectivity index is 1.38. The van der Waals surface area contributed by atoms with E-state index < -0.39 is 5.91 Å². The molecule has 0 unspecified atom stereocenters. The summed E-state index contributed by atoms with van der Waals surface area (Å²) in [6.45, 7) is 0.521. The molecule has 186 valence electrons. The molecule has 0 bridgehead atoms. The van der Waals surface area contributed by atoms with E-state index >= 15 is 0 Å². The average Bonchev–Trinajstić information content (AvgIpc) is 3.20. The average molecular weight is 565 g/mol. The molecule has 3 aromatic rings. The van der Waals surface area contributed by atoms with Crippen LogP contribution in [0.25, 0.3) is 0 Å². The van der Waals surface area contributed by atoms with Crippen molar-refractivity contribution in [2.75, 3.05) is 13.1 Å². The Morgan fingerprint density at radius 3 is 2.53 bits per heavy atom. The van der Waals surface area contributed by atoms with Crippen molar-refractivity contribution in [1.29, 1.82) is 0 Å². The minimum atomic E-state index is -0.420. The summed E-state index contributed by atoms with van der Waals surface area (Å²) in [6.07, 6.45) is 1.76. The van der Waals surface area contributed by atoms with Gasteiger partial charge < -0.3 is 9.64 Å². The Morgan fingerprint density at radius 2 is 1.78 bits per heavy atom. The highest BCUT2D eigenvalue weighted by molar-refractivity contribution is 6.36. The Kier molecular flexibility index (Phi) is 8.75. The first-order chi connectivity index (χ1) is 17.3. The number of rotatable bonds is 8. The van der Waals surface area contributed by atoms with E-state index in [2.05, 4.69) is 10.5 Å². The van der Waals surface area contributed by atoms with Gasteiger partial charge >= 0.3 is 0 Å². The van der Waals surface area contributed by atoms with Gasteiger partial charge in [-0.3, -0.25) is 9.59 Å². The van der Waals surface area contributed by atoms with Crippen LogP contribution in [0.1, 0.15) is 29.0 Å². The fourth-order valence-electron chi connectivity index (χ4n) is 3.87. The molecular weight excluding hydrogens is 544 g/mol. The fourth-order valence-corrected chi connectivity index (χ4v) is 4.90. The number of hydrazone groups is 1. The molecule has 36 heavy (non-hydrogen) atoms. The van der Waals surface area contributed by atoms with Crippen molar-refractivity contribution in [2.24, 2.45) is 5.10 Å². The van der Waals surface area contributed by atoms with Crippen LogP contribution in [0.2, 0.25) is 20.1 Å². The number of halogens is 4. The van der Waals surface area contributed by atoms with E-state index in [-0.39, 0.29) is 30.0 Å². The van der Waals surface area contributed by atoms with Gasteiger partial charge in [-0.05, 0) is 29.8 Å². The van der Waals surface area contributed by atoms with Crippen LogP contribution in [0.15, 0.2) is 65.8 Å². The minimum Gasteiger partial charge on any atom is -0.487 e. The predicted octanol–water partition coefficient (Wildman–Crippen LogP) is 6.35. The molecular formula is C26H21Cl4N3O3. The summed E-state index contributed by atoms with van der Waals surface area (Å²) < 4.78 is 5.89. The van der Waals surface area contributed by atoms with Gasteiger partial charge in [-0.15, -0.1) is 0 Å². The van der Waals surface area contributed by atoms with Gasteiger partial charge in [0.05, 0.1) is 11.2 Å². The van der Waals surface area contributed by atoms with Gasteiger partial charge in [0, 0.05) is 45.1 Å². The summed E-state index contributed by atoms with van der Waals surface area (Å²) in [5.41, 5.74) is 4.70. The molecule has 1 saturated heterocycles. The zero-order valence-electron chi connectivity index (χ0n) is 18.9. The second kappa shape index (κ2) is 12.0. The molecule has 1 aliphatic rings. The summed E-state index contributed by atoms with van der Waals surface area (Å²) >= 11 is 24.7. The summed E-state index contributed by atoms with van der Waals surface area (Å²) in [5, 5.41) is 5.63. The van der Waals surface area contributed by atoms with Gasteiger partial charge in [0.2, 0.25) is 5.91 Å². The predicted molar refractivity (Wildman–Crippen MR) is 143 cm³/mol. The van der Waals surface area contributed by atoms with Crippen molar-refractivity contribution in [3.63, 3.8) is 0 Å². The van der Waals surface area contributed by atoms with Gasteiger partial charge in [-0.25, -0.2) is 5.43 Å². The van der Waals surface area contributed by atoms with Crippen molar-refractivity contribution in [3.8, 4) is 5.75 Å². The van der Waals surface area contributed by atoms with E-state index in [9.17, 15) is 9.59 Å². The molecule has 6 nitrogen and oxygen atoms in total. The number of nitrogens with zero attached hydrogens (tertiary/aromatic N) is 2. The van der Waals surface area contributed by atoms with Crippen molar-refractivity contribution < 1.29 is 14.3 Å². The molecule has 10 heteroatoms. The Bertz CT molecular complexity index is 1300. The quantitative estimate of drug-likeness (QED) is 0.256. The Labute approximate surface area is 228 Å². The molecule has 3 aromatic carbocycles. The summed E-state index contributed by atoms with van der Waals surface area (Å²) in [5.74, 6) is -0.0963. The molecule has 0 radical (unpaired) electrons. The second-order valence-corrected chi connectivity index (χ2v) is 9.90. The monoisotopic (exact) mass is 563 g/mol. The number of likely N-dealkylation sites (tertiary alicyclic amines) is 1. The highest BCUT2D eigenvalue weighted by Gasteiger charge is 2.31. The lowest BCUT2D eigenvalue weighted by Crippen LogP contribution is -2.36. The molecule has 1 N–H and O–H groups in total. The maximum atomic E-state index is 12.4. The zero-order chi connectivity index (χ0) is 25.7. The second-order valence-electron chi connectivity index (χ2n) is 8.21. The first-order valence-electron chi connectivity index (χ1n) is 11.0. The fraction of sp³-hybridized carbons (Fsp3) is 0.192. The molecule has 0 aromatic heterocycles. The molecule has 2 amide bonds. The number of hydrogen-bond acceptors (Lipinski definition) is 4. The zero-order valence-corrected chi connectivity index (χ0v) is 21.9. The van der Waals surface area contributed by atoms with E-state index in [0.717, 1.165) is 5.56 Å². The third-order valence-corrected chi connectivity index (χ3v) is 6.72. The molecule has 1 heterocycles. The van der Waals surface area contributed by atoms with Crippen LogP contribution in [0, 0.1) is 0 Å². The van der Waals surface area contributed by atoms with Gasteiger partial charge in [0.25, 0.3) is 5.91 Å². The number of ether oxygens (including phenoxy) is 1. The number of nitrogens with one attached hydrogen (secondary N) is 1. The van der Waals surface area contributed by atoms with Gasteiger partial charge in [0.15, 0.2) is 0 Å². The van der Waals surface area contributed by atoms with Gasteiger partial charge in [-0.2, -0.15) is 5.10 Å². The van der Waals surface area contributed by atoms with Crippen LogP contribution in [-0.4, -0.2) is 36.0 Å². The Morgan fingerprint density at radius 1 is 1.03 bits per heavy atom. The molecule has 0 aliphatic carbocycles. The van der Waals surface area contributed by atoms with Crippen LogP contribution in [0.5, 0.6) is 5.75 Å². The van der Waals surface area contributed by atoms with E-state index in [0.29, 0.717) is 44.9 Å². The lowest BCUT2D eigenvalue weighted by molar-refractivity contribution is -0.133. The first kappa shape index (κ1) is 26.3. The number of carbonyl (C=O) groups excluding carboxylic acids is 2. The SMILES string of the molecule is O=C(CN1C[C@H](c2ccccc2)CC1=O)N/N=C\c1cc(Cl)cc(Cl)c1OCc1ccc(Cl)cc1Cl. The van der Waals surface area contributed by atoms with Crippen LogP contribution < -0.4 is 10.2 Å². The Hall–Kier alpha value is -2.77. The number of benzene rings is 3. The maximum absolute atomic E-state index is 12.4. The van der Waals surface area contributed by atoms with E-state index in [1.54, 1.807) is 30.3 Å². The molecule has 1 aliphatic heterocycles. The lowest BCUT2D eigenvalue weighted by atomic mass is 9.99. The standard InChI is InChI=1S/C26H21Cl4N3O3/c27-20-7-6-17(22(29)10-20)15-36-26-18(8-21(28)11-23(26)30)12-31-32-24(34)14-33-13-19(9-25(33)35)16-4-2-1-3-5-16/h1-8,10-12,19H,9,13-15H2,(H,32,34)/b31-12-/t19-/m1/s1. The third-order valence-electron chi connectivity index (χ3n) is 5.64. The number of amides is 2. The smallest absolute Gasteiger partial charge is 0.259 e. The molecule has 1 fully saturated rings. The normalized spacial score (nSPS) is 15.5. The molecule has 0 spiro atoms. The number of carbonyl (C=O) groups is 2. The summed E-state index contributed by atoms with van der Waals surface area (Å²) in [7, 11) is 0. The maximum Gasteiger partial charge on any atom is 0.259 e. The topological polar surface area (TPSA) is 71.0 Å².